The molecule has 0 unspecified atom stereocenters. The lowest BCUT2D eigenvalue weighted by molar-refractivity contribution is -0.117. The van der Waals surface area contributed by atoms with Crippen LogP contribution in [0.4, 0.5) is 5.13 Å². The molecule has 17 heavy (non-hydrogen) atoms. The number of carbonyl (C=O) groups is 1. The van der Waals surface area contributed by atoms with Crippen molar-refractivity contribution in [1.29, 1.82) is 0 Å². The maximum absolute atomic E-state index is 11.7. The van der Waals surface area contributed by atoms with Crippen LogP contribution in [0.25, 0.3) is 0 Å². The summed E-state index contributed by atoms with van der Waals surface area (Å²) in [4.78, 5) is 15.7. The zero-order valence-electron chi connectivity index (χ0n) is 9.17. The lowest BCUT2D eigenvalue weighted by atomic mass is 10.1. The number of hydrogen-bond donors (Lipinski definition) is 2. The number of nitrogens with zero attached hydrogens (tertiary/aromatic N) is 1. The molecule has 2 rings (SSSR count). The molecule has 2 aromatic rings. The van der Waals surface area contributed by atoms with Gasteiger partial charge in [0.15, 0.2) is 5.13 Å². The normalized spacial score (nSPS) is 12.1. The summed E-state index contributed by atoms with van der Waals surface area (Å²) < 4.78 is 0. The second-order valence-corrected chi connectivity index (χ2v) is 4.52. The van der Waals surface area contributed by atoms with Crippen molar-refractivity contribution in [2.45, 2.75) is 12.5 Å². The van der Waals surface area contributed by atoms with Crippen LogP contribution in [-0.4, -0.2) is 16.9 Å². The third kappa shape index (κ3) is 3.37. The number of hydrogen-bond acceptors (Lipinski definition) is 4. The largest absolute Gasteiger partial charge is 0.320 e. The Hall–Kier alpha value is -1.72. The van der Waals surface area contributed by atoms with Crippen molar-refractivity contribution >= 4 is 22.4 Å². The molecule has 3 N–H and O–H groups in total. The molecule has 1 aromatic heterocycles. The van der Waals surface area contributed by atoms with Crippen molar-refractivity contribution in [2.75, 3.05) is 5.32 Å². The Kier molecular flexibility index (Phi) is 3.85. The molecule has 88 valence electrons. The third-order valence-corrected chi connectivity index (χ3v) is 2.99. The number of nitrogens with one attached hydrogen (secondary N) is 1. The zero-order valence-corrected chi connectivity index (χ0v) is 9.98. The molecule has 5 heteroatoms. The van der Waals surface area contributed by atoms with Crippen molar-refractivity contribution in [3.05, 3.63) is 47.5 Å². The molecule has 0 radical (unpaired) electrons. The maximum Gasteiger partial charge on any atom is 0.243 e. The average molecular weight is 247 g/mol. The SMILES string of the molecule is N[C@H](Cc1ccccc1)C(=O)Nc1nccs1. The van der Waals surface area contributed by atoms with Crippen LogP contribution in [0.5, 0.6) is 0 Å². The molecular weight excluding hydrogens is 234 g/mol. The smallest absolute Gasteiger partial charge is 0.243 e. The van der Waals surface area contributed by atoms with E-state index in [9.17, 15) is 4.79 Å². The molecule has 0 aliphatic heterocycles. The van der Waals surface area contributed by atoms with E-state index in [4.69, 9.17) is 5.73 Å². The molecule has 0 spiro atoms. The van der Waals surface area contributed by atoms with E-state index in [0.717, 1.165) is 5.56 Å². The summed E-state index contributed by atoms with van der Waals surface area (Å²) in [5.74, 6) is -0.205. The zero-order chi connectivity index (χ0) is 12.1. The first-order chi connectivity index (χ1) is 8.25. The molecule has 0 aliphatic carbocycles. The maximum atomic E-state index is 11.7. The van der Waals surface area contributed by atoms with E-state index in [1.165, 1.54) is 11.3 Å². The highest BCUT2D eigenvalue weighted by Gasteiger charge is 2.14. The fraction of sp³-hybridized carbons (Fsp3) is 0.167. The highest BCUT2D eigenvalue weighted by atomic mass is 32.1. The van der Waals surface area contributed by atoms with E-state index in [1.54, 1.807) is 11.6 Å². The predicted molar refractivity (Wildman–Crippen MR) is 68.9 cm³/mol. The van der Waals surface area contributed by atoms with Gasteiger partial charge in [-0.05, 0) is 12.0 Å². The van der Waals surface area contributed by atoms with Crippen LogP contribution in [0, 0.1) is 0 Å². The highest BCUT2D eigenvalue weighted by molar-refractivity contribution is 7.13. The average Bonchev–Trinajstić information content (AvgIpc) is 2.83. The topological polar surface area (TPSA) is 68.0 Å². The van der Waals surface area contributed by atoms with Crippen LogP contribution in [0.3, 0.4) is 0 Å². The Morgan fingerprint density at radius 2 is 2.18 bits per heavy atom. The molecular formula is C12H13N3OS. The second-order valence-electron chi connectivity index (χ2n) is 3.62. The Morgan fingerprint density at radius 3 is 2.82 bits per heavy atom. The first kappa shape index (κ1) is 11.8. The van der Waals surface area contributed by atoms with Crippen molar-refractivity contribution in [3.63, 3.8) is 0 Å². The summed E-state index contributed by atoms with van der Waals surface area (Å²) in [5.41, 5.74) is 6.88. The van der Waals surface area contributed by atoms with Crippen molar-refractivity contribution in [1.82, 2.24) is 4.98 Å². The number of amides is 1. The van der Waals surface area contributed by atoms with Gasteiger partial charge in [-0.3, -0.25) is 4.79 Å². The van der Waals surface area contributed by atoms with Crippen LogP contribution in [0.15, 0.2) is 41.9 Å². The highest BCUT2D eigenvalue weighted by Crippen LogP contribution is 2.11. The van der Waals surface area contributed by atoms with E-state index in [-0.39, 0.29) is 5.91 Å². The number of benzene rings is 1. The van der Waals surface area contributed by atoms with Crippen LogP contribution < -0.4 is 11.1 Å². The summed E-state index contributed by atoms with van der Waals surface area (Å²) in [5, 5.41) is 5.07. The Balaban J connectivity index is 1.92. The standard InChI is InChI=1S/C12H13N3OS/c13-10(8-9-4-2-1-3-5-9)11(16)15-12-14-6-7-17-12/h1-7,10H,8,13H2,(H,14,15,16)/t10-/m1/s1. The number of thiazole rings is 1. The van der Waals surface area contributed by atoms with Gasteiger partial charge in [0.2, 0.25) is 5.91 Å². The number of nitrogens with two attached hydrogens (primary N) is 1. The van der Waals surface area contributed by atoms with Gasteiger partial charge >= 0.3 is 0 Å². The van der Waals surface area contributed by atoms with Crippen LogP contribution in [0.2, 0.25) is 0 Å². The number of carbonyl (C=O) groups excluding carboxylic acids is 1. The first-order valence-electron chi connectivity index (χ1n) is 5.25. The van der Waals surface area contributed by atoms with E-state index >= 15 is 0 Å². The summed E-state index contributed by atoms with van der Waals surface area (Å²) in [6, 6.07) is 9.15. The minimum absolute atomic E-state index is 0.205. The van der Waals surface area contributed by atoms with Crippen LogP contribution in [0.1, 0.15) is 5.56 Å². The predicted octanol–water partition coefficient (Wildman–Crippen LogP) is 1.65. The summed E-state index contributed by atoms with van der Waals surface area (Å²) in [6.45, 7) is 0. The molecule has 0 aliphatic rings. The van der Waals surface area contributed by atoms with Gasteiger partial charge in [0.25, 0.3) is 0 Å². The number of anilines is 1. The fourth-order valence-corrected chi connectivity index (χ4v) is 1.98. The van der Waals surface area contributed by atoms with Crippen molar-refractivity contribution in [3.8, 4) is 0 Å². The number of aromatic nitrogens is 1. The first-order valence-corrected chi connectivity index (χ1v) is 6.13. The van der Waals surface area contributed by atoms with Gasteiger partial charge in [-0.2, -0.15) is 0 Å². The fourth-order valence-electron chi connectivity index (χ4n) is 1.44. The summed E-state index contributed by atoms with van der Waals surface area (Å²) in [6.07, 6.45) is 2.17. The molecule has 1 heterocycles. The number of rotatable bonds is 4. The Bertz CT molecular complexity index is 470. The second kappa shape index (κ2) is 5.56. The molecule has 4 nitrogen and oxygen atoms in total. The van der Waals surface area contributed by atoms with E-state index < -0.39 is 6.04 Å². The van der Waals surface area contributed by atoms with Gasteiger partial charge < -0.3 is 11.1 Å². The Labute approximate surface area is 103 Å². The lowest BCUT2D eigenvalue weighted by Crippen LogP contribution is -2.37. The Morgan fingerprint density at radius 1 is 1.41 bits per heavy atom. The van der Waals surface area contributed by atoms with Gasteiger partial charge in [-0.25, -0.2) is 4.98 Å². The lowest BCUT2D eigenvalue weighted by Gasteiger charge is -2.10. The monoisotopic (exact) mass is 247 g/mol. The molecule has 1 atom stereocenters. The van der Waals surface area contributed by atoms with Gasteiger partial charge in [0.05, 0.1) is 6.04 Å². The molecule has 1 amide bonds. The van der Waals surface area contributed by atoms with Gasteiger partial charge in [-0.1, -0.05) is 30.3 Å². The molecule has 0 bridgehead atoms. The summed E-state index contributed by atoms with van der Waals surface area (Å²) >= 11 is 1.38. The molecule has 0 fully saturated rings. The quantitative estimate of drug-likeness (QED) is 0.863. The van der Waals surface area contributed by atoms with E-state index in [1.807, 2.05) is 30.3 Å². The minimum Gasteiger partial charge on any atom is -0.320 e. The van der Waals surface area contributed by atoms with Crippen molar-refractivity contribution in [2.24, 2.45) is 5.73 Å². The molecule has 0 saturated carbocycles. The summed E-state index contributed by atoms with van der Waals surface area (Å²) in [7, 11) is 0. The minimum atomic E-state index is -0.554. The molecule has 0 saturated heterocycles. The van der Waals surface area contributed by atoms with Gasteiger partial charge in [0.1, 0.15) is 0 Å². The van der Waals surface area contributed by atoms with Crippen LogP contribution in [-0.2, 0) is 11.2 Å². The van der Waals surface area contributed by atoms with Crippen molar-refractivity contribution < 1.29 is 4.79 Å². The van der Waals surface area contributed by atoms with Gasteiger partial charge in [0, 0.05) is 11.6 Å². The van der Waals surface area contributed by atoms with Gasteiger partial charge in [-0.15, -0.1) is 11.3 Å². The third-order valence-electron chi connectivity index (χ3n) is 2.30. The van der Waals surface area contributed by atoms with E-state index in [2.05, 4.69) is 10.3 Å². The van der Waals surface area contributed by atoms with E-state index in [0.29, 0.717) is 11.6 Å². The van der Waals surface area contributed by atoms with Crippen LogP contribution >= 0.6 is 11.3 Å². The molecule has 1 aromatic carbocycles.